The summed E-state index contributed by atoms with van der Waals surface area (Å²) >= 11 is 1.32. The molecule has 0 spiro atoms. The first-order valence-corrected chi connectivity index (χ1v) is 15.9. The number of benzene rings is 4. The number of nitrogens with zero attached hydrogens (tertiary/aromatic N) is 2. The van der Waals surface area contributed by atoms with Crippen LogP contribution < -0.4 is 21.5 Å². The van der Waals surface area contributed by atoms with Crippen LogP contribution in [0.2, 0.25) is 0 Å². The van der Waals surface area contributed by atoms with Gasteiger partial charge in [0.05, 0.1) is 16.6 Å². The molecule has 1 unspecified atom stereocenters. The monoisotopic (exact) mass is 645 g/mol. The van der Waals surface area contributed by atoms with Crippen LogP contribution in [0.5, 0.6) is 0 Å². The van der Waals surface area contributed by atoms with Crippen molar-refractivity contribution in [3.05, 3.63) is 148 Å². The van der Waals surface area contributed by atoms with Gasteiger partial charge in [-0.25, -0.2) is 4.68 Å². The van der Waals surface area contributed by atoms with E-state index < -0.39 is 17.1 Å². The zero-order valence-corrected chi connectivity index (χ0v) is 27.3. The molecule has 238 valence electrons. The average Bonchev–Trinajstić information content (AvgIpc) is 3.28. The predicted molar refractivity (Wildman–Crippen MR) is 188 cm³/mol. The van der Waals surface area contributed by atoms with Gasteiger partial charge in [-0.15, -0.1) is 11.8 Å². The first-order valence-electron chi connectivity index (χ1n) is 15.0. The third-order valence-corrected chi connectivity index (χ3v) is 8.59. The molecule has 3 amide bonds. The molecule has 0 bridgehead atoms. The van der Waals surface area contributed by atoms with Gasteiger partial charge in [0.25, 0.3) is 17.4 Å². The minimum absolute atomic E-state index is 0.0933. The molecule has 0 saturated carbocycles. The lowest BCUT2D eigenvalue weighted by Gasteiger charge is -2.13. The van der Waals surface area contributed by atoms with E-state index in [9.17, 15) is 19.2 Å². The maximum atomic E-state index is 13.4. The van der Waals surface area contributed by atoms with Gasteiger partial charge >= 0.3 is 0 Å². The lowest BCUT2D eigenvalue weighted by Crippen LogP contribution is -2.30. The Kier molecular flexibility index (Phi) is 10.2. The predicted octanol–water partition coefficient (Wildman–Crippen LogP) is 6.32. The molecule has 1 heterocycles. The molecule has 0 fully saturated rings. The maximum absolute atomic E-state index is 13.4. The van der Waals surface area contributed by atoms with Crippen molar-refractivity contribution in [2.45, 2.75) is 30.9 Å². The molecular weight excluding hydrogens is 611 g/mol. The van der Waals surface area contributed by atoms with Crippen molar-refractivity contribution in [2.75, 3.05) is 10.6 Å². The van der Waals surface area contributed by atoms with E-state index in [1.165, 1.54) is 16.4 Å². The van der Waals surface area contributed by atoms with Gasteiger partial charge in [-0.2, -0.15) is 0 Å². The molecular formula is C37H35N5O4S. The minimum Gasteiger partial charge on any atom is -0.321 e. The molecule has 5 aromatic rings. The van der Waals surface area contributed by atoms with Crippen LogP contribution in [0.15, 0.2) is 125 Å². The fourth-order valence-corrected chi connectivity index (χ4v) is 5.75. The molecule has 0 aliphatic heterocycles. The second-order valence-electron chi connectivity index (χ2n) is 11.0. The topological polar surface area (TPSA) is 114 Å². The number of carbonyl (C=O) groups excluding carboxylic acids is 3. The van der Waals surface area contributed by atoms with Crippen molar-refractivity contribution in [2.24, 2.45) is 7.05 Å². The molecule has 0 saturated heterocycles. The first-order chi connectivity index (χ1) is 22.6. The van der Waals surface area contributed by atoms with E-state index in [2.05, 4.69) is 16.0 Å². The Hall–Kier alpha value is -5.61. The summed E-state index contributed by atoms with van der Waals surface area (Å²) in [6.07, 6.45) is 1.64. The van der Waals surface area contributed by atoms with Crippen molar-refractivity contribution >= 4 is 46.9 Å². The summed E-state index contributed by atoms with van der Waals surface area (Å²) in [4.78, 5) is 53.4. The van der Waals surface area contributed by atoms with E-state index >= 15 is 0 Å². The first kappa shape index (κ1) is 32.8. The number of amides is 3. The van der Waals surface area contributed by atoms with Crippen LogP contribution in [-0.2, 0) is 16.6 Å². The highest BCUT2D eigenvalue weighted by atomic mass is 32.2. The fourth-order valence-electron chi connectivity index (χ4n) is 4.88. The number of anilines is 2. The van der Waals surface area contributed by atoms with Crippen LogP contribution in [0, 0.1) is 13.8 Å². The molecule has 10 heteroatoms. The average molecular weight is 646 g/mol. The molecule has 0 aliphatic carbocycles. The highest BCUT2D eigenvalue weighted by Gasteiger charge is 2.22. The molecule has 3 N–H and O–H groups in total. The standard InChI is InChI=1S/C37H35N5O4S/c1-24-12-11-13-27(22-24)23-32(39-35(44)28-14-7-5-8-15-28)36(45)38-29-18-20-31(21-19-29)47-26(3)34(43)40-33-25(2)41(4)42(37(33)46)30-16-9-6-10-17-30/h5-23,26H,1-4H3,(H,38,45)(H,39,44)(H,40,43)/b32-23-. The number of para-hydroxylation sites is 1. The van der Waals surface area contributed by atoms with Gasteiger partial charge in [0.1, 0.15) is 11.4 Å². The van der Waals surface area contributed by atoms with E-state index in [1.54, 1.807) is 80.2 Å². The van der Waals surface area contributed by atoms with E-state index in [4.69, 9.17) is 0 Å². The largest absolute Gasteiger partial charge is 0.321 e. The summed E-state index contributed by atoms with van der Waals surface area (Å²) in [5.74, 6) is -1.19. The Bertz CT molecular complexity index is 2000. The summed E-state index contributed by atoms with van der Waals surface area (Å²) in [6.45, 7) is 5.51. The van der Waals surface area contributed by atoms with Gasteiger partial charge in [0.2, 0.25) is 5.91 Å². The Morgan fingerprint density at radius 2 is 1.47 bits per heavy atom. The van der Waals surface area contributed by atoms with Gasteiger partial charge < -0.3 is 16.0 Å². The van der Waals surface area contributed by atoms with Gasteiger partial charge in [0.15, 0.2) is 0 Å². The van der Waals surface area contributed by atoms with E-state index in [0.29, 0.717) is 22.6 Å². The lowest BCUT2D eigenvalue weighted by atomic mass is 10.1. The van der Waals surface area contributed by atoms with Crippen LogP contribution in [0.4, 0.5) is 11.4 Å². The number of hydrogen-bond donors (Lipinski definition) is 3. The number of carbonyl (C=O) groups is 3. The van der Waals surface area contributed by atoms with Crippen molar-refractivity contribution in [3.63, 3.8) is 0 Å². The zero-order chi connectivity index (χ0) is 33.5. The number of aromatic nitrogens is 2. The smallest absolute Gasteiger partial charge is 0.295 e. The van der Waals surface area contributed by atoms with Gasteiger partial charge in [-0.05, 0) is 80.9 Å². The van der Waals surface area contributed by atoms with E-state index in [1.807, 2.05) is 67.6 Å². The van der Waals surface area contributed by atoms with Crippen LogP contribution in [0.25, 0.3) is 11.8 Å². The van der Waals surface area contributed by atoms with Gasteiger partial charge in [-0.3, -0.25) is 23.9 Å². The summed E-state index contributed by atoms with van der Waals surface area (Å²) < 4.78 is 3.23. The summed E-state index contributed by atoms with van der Waals surface area (Å²) in [6, 6.07) is 32.6. The quantitative estimate of drug-likeness (QED) is 0.122. The molecule has 0 aliphatic rings. The molecule has 0 radical (unpaired) electrons. The number of aryl methyl sites for hydroxylation is 1. The van der Waals surface area contributed by atoms with Crippen molar-refractivity contribution in [1.82, 2.24) is 14.7 Å². The highest BCUT2D eigenvalue weighted by molar-refractivity contribution is 8.00. The molecule has 4 aromatic carbocycles. The fraction of sp³-hybridized carbons (Fsp3) is 0.135. The normalized spacial score (nSPS) is 11.9. The van der Waals surface area contributed by atoms with Crippen molar-refractivity contribution < 1.29 is 14.4 Å². The molecule has 1 aromatic heterocycles. The molecule has 47 heavy (non-hydrogen) atoms. The summed E-state index contributed by atoms with van der Waals surface area (Å²) in [5.41, 5.74) is 4.10. The maximum Gasteiger partial charge on any atom is 0.295 e. The number of thioether (sulfide) groups is 1. The second kappa shape index (κ2) is 14.7. The summed E-state index contributed by atoms with van der Waals surface area (Å²) in [5, 5.41) is 7.90. The van der Waals surface area contributed by atoms with Crippen LogP contribution >= 0.6 is 11.8 Å². The van der Waals surface area contributed by atoms with Crippen LogP contribution in [0.3, 0.4) is 0 Å². The molecule has 1 atom stereocenters. The molecule has 9 nitrogen and oxygen atoms in total. The van der Waals surface area contributed by atoms with Crippen molar-refractivity contribution in [3.8, 4) is 5.69 Å². The molecule has 5 rings (SSSR count). The lowest BCUT2D eigenvalue weighted by molar-refractivity contribution is -0.115. The third kappa shape index (κ3) is 7.98. The zero-order valence-electron chi connectivity index (χ0n) is 26.5. The van der Waals surface area contributed by atoms with E-state index in [0.717, 1.165) is 16.0 Å². The Morgan fingerprint density at radius 1 is 0.809 bits per heavy atom. The summed E-state index contributed by atoms with van der Waals surface area (Å²) in [7, 11) is 1.77. The van der Waals surface area contributed by atoms with Crippen LogP contribution in [0.1, 0.15) is 34.1 Å². The Balaban J connectivity index is 1.25. The second-order valence-corrected chi connectivity index (χ2v) is 12.4. The Labute approximate surface area is 277 Å². The number of hydrogen-bond acceptors (Lipinski definition) is 5. The van der Waals surface area contributed by atoms with Gasteiger partial charge in [0, 0.05) is 23.2 Å². The third-order valence-electron chi connectivity index (χ3n) is 7.48. The number of rotatable bonds is 10. The van der Waals surface area contributed by atoms with Crippen LogP contribution in [-0.4, -0.2) is 32.3 Å². The highest BCUT2D eigenvalue weighted by Crippen LogP contribution is 2.26. The number of nitrogens with one attached hydrogen (secondary N) is 3. The van der Waals surface area contributed by atoms with Crippen molar-refractivity contribution in [1.29, 1.82) is 0 Å². The van der Waals surface area contributed by atoms with E-state index in [-0.39, 0.29) is 22.9 Å². The van der Waals surface area contributed by atoms with Gasteiger partial charge in [-0.1, -0.05) is 66.2 Å². The Morgan fingerprint density at radius 3 is 2.13 bits per heavy atom. The SMILES string of the molecule is Cc1cccc(/C=C(\NC(=O)c2ccccc2)C(=O)Nc2ccc(SC(C)C(=O)Nc3c(C)n(C)n(-c4ccccc4)c3=O)cc2)c1. The minimum atomic E-state index is -0.517.